The van der Waals surface area contributed by atoms with E-state index in [9.17, 15) is 0 Å². The highest BCUT2D eigenvalue weighted by molar-refractivity contribution is 7.09. The lowest BCUT2D eigenvalue weighted by molar-refractivity contribution is 1.03. The third kappa shape index (κ3) is 2.48. The molecule has 0 bridgehead atoms. The maximum atomic E-state index is 8.64. The van der Waals surface area contributed by atoms with Crippen LogP contribution in [0.5, 0.6) is 0 Å². The molecule has 6 heteroatoms. The third-order valence-electron chi connectivity index (χ3n) is 1.65. The highest BCUT2D eigenvalue weighted by Crippen LogP contribution is 2.06. The van der Waals surface area contributed by atoms with E-state index in [4.69, 9.17) is 5.26 Å². The largest absolute Gasteiger partial charge is 0.348 e. The van der Waals surface area contributed by atoms with Crippen molar-refractivity contribution in [3.05, 3.63) is 34.5 Å². The zero-order chi connectivity index (χ0) is 10.5. The van der Waals surface area contributed by atoms with Gasteiger partial charge in [-0.2, -0.15) is 5.26 Å². The Morgan fingerprint density at radius 3 is 3.07 bits per heavy atom. The second-order valence-corrected chi connectivity index (χ2v) is 3.64. The number of hydrogen-bond donors (Lipinski definition) is 1. The first-order valence-electron chi connectivity index (χ1n) is 4.24. The second-order valence-electron chi connectivity index (χ2n) is 2.66. The van der Waals surface area contributed by atoms with Gasteiger partial charge in [0.05, 0.1) is 6.54 Å². The molecule has 2 heterocycles. The fourth-order valence-electron chi connectivity index (χ4n) is 1.00. The number of rotatable bonds is 3. The Bertz CT molecular complexity index is 473. The van der Waals surface area contributed by atoms with Gasteiger partial charge in [-0.05, 0) is 6.07 Å². The second kappa shape index (κ2) is 4.48. The summed E-state index contributed by atoms with van der Waals surface area (Å²) in [7, 11) is 0. The van der Waals surface area contributed by atoms with Crippen LogP contribution >= 0.6 is 11.3 Å². The number of nitrogens with one attached hydrogen (secondary N) is 1. The molecule has 0 atom stereocenters. The molecule has 5 nitrogen and oxygen atoms in total. The summed E-state index contributed by atoms with van der Waals surface area (Å²) >= 11 is 1.56. The normalized spacial score (nSPS) is 9.53. The highest BCUT2D eigenvalue weighted by Gasteiger charge is 1.99. The van der Waals surface area contributed by atoms with Gasteiger partial charge in [0.1, 0.15) is 16.8 Å². The smallest absolute Gasteiger partial charge is 0.224 e. The van der Waals surface area contributed by atoms with Crippen molar-refractivity contribution in [1.82, 2.24) is 15.0 Å². The van der Waals surface area contributed by atoms with Crippen LogP contribution in [0.3, 0.4) is 0 Å². The summed E-state index contributed by atoms with van der Waals surface area (Å²) in [4.78, 5) is 12.1. The fraction of sp³-hybridized carbons (Fsp3) is 0.111. The molecule has 74 valence electrons. The molecule has 2 aromatic rings. The molecule has 15 heavy (non-hydrogen) atoms. The van der Waals surface area contributed by atoms with Gasteiger partial charge in [-0.1, -0.05) is 0 Å². The van der Waals surface area contributed by atoms with Crippen LogP contribution in [0, 0.1) is 11.3 Å². The maximum absolute atomic E-state index is 8.64. The molecule has 0 spiro atoms. The SMILES string of the molecule is N#Cc1ccnc(NCc2nccs2)n1. The summed E-state index contributed by atoms with van der Waals surface area (Å²) in [6.45, 7) is 0.576. The summed E-state index contributed by atoms with van der Waals surface area (Å²) in [5, 5.41) is 14.5. The van der Waals surface area contributed by atoms with Gasteiger partial charge in [-0.3, -0.25) is 0 Å². The minimum Gasteiger partial charge on any atom is -0.348 e. The molecule has 0 aromatic carbocycles. The van der Waals surface area contributed by atoms with E-state index in [1.807, 2.05) is 11.4 Å². The molecule has 0 amide bonds. The van der Waals surface area contributed by atoms with E-state index in [-0.39, 0.29) is 0 Å². The molecule has 0 aliphatic carbocycles. The zero-order valence-corrected chi connectivity index (χ0v) is 8.53. The number of nitrogens with zero attached hydrogens (tertiary/aromatic N) is 4. The van der Waals surface area contributed by atoms with E-state index in [0.717, 1.165) is 5.01 Å². The Hall–Kier alpha value is -2.00. The third-order valence-corrected chi connectivity index (χ3v) is 2.43. The Kier molecular flexibility index (Phi) is 2.85. The van der Waals surface area contributed by atoms with Crippen molar-refractivity contribution in [2.24, 2.45) is 0 Å². The van der Waals surface area contributed by atoms with Gasteiger partial charge in [-0.15, -0.1) is 11.3 Å². The van der Waals surface area contributed by atoms with Crippen LogP contribution in [-0.2, 0) is 6.54 Å². The van der Waals surface area contributed by atoms with Crippen molar-refractivity contribution >= 4 is 17.3 Å². The Morgan fingerprint density at radius 1 is 1.40 bits per heavy atom. The lowest BCUT2D eigenvalue weighted by Gasteiger charge is -2.01. The predicted molar refractivity (Wildman–Crippen MR) is 56.2 cm³/mol. The molecule has 0 aliphatic rings. The number of anilines is 1. The molecular weight excluding hydrogens is 210 g/mol. The summed E-state index contributed by atoms with van der Waals surface area (Å²) in [5.74, 6) is 0.448. The fourth-order valence-corrected chi connectivity index (χ4v) is 1.56. The molecular formula is C9H7N5S. The molecule has 0 radical (unpaired) electrons. The number of nitriles is 1. The minimum atomic E-state index is 0.353. The van der Waals surface area contributed by atoms with E-state index in [1.165, 1.54) is 0 Å². The van der Waals surface area contributed by atoms with E-state index >= 15 is 0 Å². The van der Waals surface area contributed by atoms with Crippen LogP contribution in [0.15, 0.2) is 23.8 Å². The van der Waals surface area contributed by atoms with Crippen LogP contribution in [0.25, 0.3) is 0 Å². The summed E-state index contributed by atoms with van der Waals surface area (Å²) < 4.78 is 0. The Morgan fingerprint density at radius 2 is 2.33 bits per heavy atom. The Balaban J connectivity index is 2.02. The van der Waals surface area contributed by atoms with Crippen LogP contribution in [0.4, 0.5) is 5.95 Å². The standard InChI is InChI=1S/C9H7N5S/c10-5-7-1-2-12-9(14-7)13-6-8-11-3-4-15-8/h1-4H,6H2,(H,12,13,14). The van der Waals surface area contributed by atoms with Crippen molar-refractivity contribution in [2.45, 2.75) is 6.54 Å². The molecule has 0 aliphatic heterocycles. The summed E-state index contributed by atoms with van der Waals surface area (Å²) in [6.07, 6.45) is 3.30. The summed E-state index contributed by atoms with van der Waals surface area (Å²) in [6, 6.07) is 3.52. The van der Waals surface area contributed by atoms with Gasteiger partial charge >= 0.3 is 0 Å². The van der Waals surface area contributed by atoms with Gasteiger partial charge in [0.15, 0.2) is 0 Å². The highest BCUT2D eigenvalue weighted by atomic mass is 32.1. The van der Waals surface area contributed by atoms with Crippen LogP contribution in [0.1, 0.15) is 10.7 Å². The molecule has 0 fully saturated rings. The lowest BCUT2D eigenvalue weighted by atomic mass is 10.4. The van der Waals surface area contributed by atoms with Crippen molar-refractivity contribution < 1.29 is 0 Å². The summed E-state index contributed by atoms with van der Waals surface area (Å²) in [5.41, 5.74) is 0.353. The first-order chi connectivity index (χ1) is 7.38. The monoisotopic (exact) mass is 217 g/mol. The van der Waals surface area contributed by atoms with Gasteiger partial charge in [0.2, 0.25) is 5.95 Å². The maximum Gasteiger partial charge on any atom is 0.224 e. The van der Waals surface area contributed by atoms with Crippen molar-refractivity contribution in [3.63, 3.8) is 0 Å². The average Bonchev–Trinajstić information content (AvgIpc) is 2.79. The van der Waals surface area contributed by atoms with Gasteiger partial charge in [0.25, 0.3) is 0 Å². The van der Waals surface area contributed by atoms with Crippen molar-refractivity contribution in [2.75, 3.05) is 5.32 Å². The first kappa shape index (κ1) is 9.55. The van der Waals surface area contributed by atoms with Gasteiger partial charge in [-0.25, -0.2) is 15.0 Å². The van der Waals surface area contributed by atoms with E-state index in [1.54, 1.807) is 29.8 Å². The number of aromatic nitrogens is 3. The molecule has 0 unspecified atom stereocenters. The van der Waals surface area contributed by atoms with E-state index in [2.05, 4.69) is 20.3 Å². The Labute approximate surface area is 90.5 Å². The topological polar surface area (TPSA) is 74.5 Å². The van der Waals surface area contributed by atoms with Crippen molar-refractivity contribution in [3.8, 4) is 6.07 Å². The van der Waals surface area contributed by atoms with Crippen molar-refractivity contribution in [1.29, 1.82) is 5.26 Å². The quantitative estimate of drug-likeness (QED) is 0.841. The molecule has 2 aromatic heterocycles. The minimum absolute atomic E-state index is 0.353. The van der Waals surface area contributed by atoms with Crippen LogP contribution < -0.4 is 5.32 Å². The van der Waals surface area contributed by atoms with Crippen LogP contribution in [-0.4, -0.2) is 15.0 Å². The molecule has 0 saturated heterocycles. The van der Waals surface area contributed by atoms with Crippen LogP contribution in [0.2, 0.25) is 0 Å². The lowest BCUT2D eigenvalue weighted by Crippen LogP contribution is -2.03. The molecule has 0 saturated carbocycles. The zero-order valence-electron chi connectivity index (χ0n) is 7.71. The van der Waals surface area contributed by atoms with Gasteiger partial charge in [0, 0.05) is 17.8 Å². The average molecular weight is 217 g/mol. The van der Waals surface area contributed by atoms with E-state index in [0.29, 0.717) is 18.2 Å². The number of hydrogen-bond acceptors (Lipinski definition) is 6. The molecule has 1 N–H and O–H groups in total. The predicted octanol–water partition coefficient (Wildman–Crippen LogP) is 1.42. The van der Waals surface area contributed by atoms with Gasteiger partial charge < -0.3 is 5.32 Å². The number of thiazole rings is 1. The first-order valence-corrected chi connectivity index (χ1v) is 5.12. The molecule has 2 rings (SSSR count). The van der Waals surface area contributed by atoms with E-state index < -0.39 is 0 Å².